The third-order valence-electron chi connectivity index (χ3n) is 3.82. The Balaban J connectivity index is 2.20. The first-order valence-corrected chi connectivity index (χ1v) is 6.36. The fourth-order valence-corrected chi connectivity index (χ4v) is 2.52. The number of benzene rings is 1. The van der Waals surface area contributed by atoms with Crippen LogP contribution in [-0.4, -0.2) is 20.0 Å². The van der Waals surface area contributed by atoms with Crippen LogP contribution in [0.4, 0.5) is 0 Å². The van der Waals surface area contributed by atoms with Crippen LogP contribution in [0.15, 0.2) is 30.6 Å². The smallest absolute Gasteiger partial charge is 0.250 e. The molecule has 2 heterocycles. The molecule has 0 atom stereocenters. The molecule has 0 aliphatic rings. The third-order valence-corrected chi connectivity index (χ3v) is 3.82. The van der Waals surface area contributed by atoms with Gasteiger partial charge in [-0.25, -0.2) is 4.98 Å². The maximum Gasteiger partial charge on any atom is 0.250 e. The van der Waals surface area contributed by atoms with Gasteiger partial charge < -0.3 is 14.9 Å². The molecule has 2 aromatic heterocycles. The van der Waals surface area contributed by atoms with Gasteiger partial charge in [-0.2, -0.15) is 0 Å². The first kappa shape index (κ1) is 12.5. The molecule has 0 radical (unpaired) electrons. The van der Waals surface area contributed by atoms with Gasteiger partial charge in [0.1, 0.15) is 0 Å². The van der Waals surface area contributed by atoms with Gasteiger partial charge in [-0.1, -0.05) is 6.07 Å². The number of hydrogen-bond donors (Lipinski definition) is 1. The maximum atomic E-state index is 11.4. The number of primary amides is 1. The highest BCUT2D eigenvalue weighted by Crippen LogP contribution is 2.27. The number of imidazole rings is 1. The van der Waals surface area contributed by atoms with Crippen LogP contribution in [0, 0.1) is 6.92 Å². The van der Waals surface area contributed by atoms with Crippen molar-refractivity contribution in [1.29, 1.82) is 0 Å². The van der Waals surface area contributed by atoms with E-state index in [9.17, 15) is 4.79 Å². The average Bonchev–Trinajstić information content (AvgIpc) is 2.92. The van der Waals surface area contributed by atoms with E-state index in [1.807, 2.05) is 54.4 Å². The Labute approximate surface area is 116 Å². The summed E-state index contributed by atoms with van der Waals surface area (Å²) in [6.45, 7) is 1.89. The minimum atomic E-state index is -0.400. The van der Waals surface area contributed by atoms with Gasteiger partial charge in [-0.15, -0.1) is 0 Å². The van der Waals surface area contributed by atoms with Crippen molar-refractivity contribution in [3.05, 3.63) is 41.9 Å². The van der Waals surface area contributed by atoms with Crippen molar-refractivity contribution in [2.75, 3.05) is 0 Å². The van der Waals surface area contributed by atoms with E-state index in [0.29, 0.717) is 5.56 Å². The van der Waals surface area contributed by atoms with E-state index < -0.39 is 5.91 Å². The number of rotatable bonds is 2. The number of aryl methyl sites for hydroxylation is 1. The van der Waals surface area contributed by atoms with Crippen molar-refractivity contribution < 1.29 is 4.79 Å². The van der Waals surface area contributed by atoms with Gasteiger partial charge in [0.05, 0.1) is 22.9 Å². The van der Waals surface area contributed by atoms with Gasteiger partial charge in [0.2, 0.25) is 0 Å². The predicted molar refractivity (Wildman–Crippen MR) is 78.4 cm³/mol. The molecular weight excluding hydrogens is 252 g/mol. The Morgan fingerprint density at radius 3 is 2.65 bits per heavy atom. The Morgan fingerprint density at radius 1 is 1.25 bits per heavy atom. The second-order valence-corrected chi connectivity index (χ2v) is 5.01. The highest BCUT2D eigenvalue weighted by atomic mass is 16.1. The Morgan fingerprint density at radius 2 is 2.00 bits per heavy atom. The van der Waals surface area contributed by atoms with Gasteiger partial charge >= 0.3 is 0 Å². The van der Waals surface area contributed by atoms with E-state index in [1.165, 1.54) is 0 Å². The Hall–Kier alpha value is -2.56. The molecule has 0 bridgehead atoms. The number of carbonyl (C=O) groups excluding carboxylic acids is 1. The standard InChI is InChI=1S/C15H16N4O/c1-9-11(15(16)20)7-14(19(9)3)10-4-5-13-12(6-10)17-8-18(13)2/h4-8H,1-3H3,(H2,16,20). The topological polar surface area (TPSA) is 65.8 Å². The molecule has 2 N–H and O–H groups in total. The maximum absolute atomic E-state index is 11.4. The molecule has 5 heteroatoms. The zero-order valence-corrected chi connectivity index (χ0v) is 11.7. The normalized spacial score (nSPS) is 11.2. The van der Waals surface area contributed by atoms with Gasteiger partial charge in [0.15, 0.2) is 0 Å². The molecule has 0 saturated carbocycles. The van der Waals surface area contributed by atoms with Crippen molar-refractivity contribution in [2.24, 2.45) is 19.8 Å². The van der Waals surface area contributed by atoms with Crippen LogP contribution in [-0.2, 0) is 14.1 Å². The van der Waals surface area contributed by atoms with Crippen LogP contribution in [0.2, 0.25) is 0 Å². The lowest BCUT2D eigenvalue weighted by Gasteiger charge is -2.05. The summed E-state index contributed by atoms with van der Waals surface area (Å²) in [4.78, 5) is 15.8. The van der Waals surface area contributed by atoms with Crippen molar-refractivity contribution in [3.8, 4) is 11.3 Å². The van der Waals surface area contributed by atoms with E-state index in [1.54, 1.807) is 6.33 Å². The van der Waals surface area contributed by atoms with Crippen LogP contribution in [0.25, 0.3) is 22.3 Å². The molecule has 3 aromatic rings. The van der Waals surface area contributed by atoms with Crippen molar-refractivity contribution >= 4 is 16.9 Å². The first-order valence-electron chi connectivity index (χ1n) is 6.36. The second-order valence-electron chi connectivity index (χ2n) is 5.01. The molecular formula is C15H16N4O. The Bertz CT molecular complexity index is 826. The van der Waals surface area contributed by atoms with E-state index in [0.717, 1.165) is 28.0 Å². The molecule has 0 aliphatic carbocycles. The summed E-state index contributed by atoms with van der Waals surface area (Å²) in [5.41, 5.74) is 10.8. The lowest BCUT2D eigenvalue weighted by molar-refractivity contribution is 0.0999. The molecule has 0 aliphatic heterocycles. The summed E-state index contributed by atoms with van der Waals surface area (Å²) in [5, 5.41) is 0. The zero-order chi connectivity index (χ0) is 14.4. The lowest BCUT2D eigenvalue weighted by atomic mass is 10.1. The van der Waals surface area contributed by atoms with Crippen LogP contribution in [0.1, 0.15) is 16.1 Å². The van der Waals surface area contributed by atoms with E-state index in [2.05, 4.69) is 4.98 Å². The first-order chi connectivity index (χ1) is 9.49. The largest absolute Gasteiger partial charge is 0.366 e. The molecule has 0 spiro atoms. The van der Waals surface area contributed by atoms with Gasteiger partial charge in [-0.3, -0.25) is 4.79 Å². The predicted octanol–water partition coefficient (Wildman–Crippen LogP) is 1.99. The number of nitrogens with zero attached hydrogens (tertiary/aromatic N) is 3. The molecule has 102 valence electrons. The van der Waals surface area contributed by atoms with Gasteiger partial charge in [-0.05, 0) is 25.1 Å². The number of amides is 1. The van der Waals surface area contributed by atoms with Crippen molar-refractivity contribution in [3.63, 3.8) is 0 Å². The average molecular weight is 268 g/mol. The Kier molecular flexibility index (Phi) is 2.64. The second kappa shape index (κ2) is 4.23. The molecule has 20 heavy (non-hydrogen) atoms. The number of carbonyl (C=O) groups is 1. The molecule has 0 fully saturated rings. The van der Waals surface area contributed by atoms with Crippen LogP contribution < -0.4 is 5.73 Å². The van der Waals surface area contributed by atoms with E-state index >= 15 is 0 Å². The van der Waals surface area contributed by atoms with Crippen LogP contribution in [0.3, 0.4) is 0 Å². The lowest BCUT2D eigenvalue weighted by Crippen LogP contribution is -2.11. The fourth-order valence-electron chi connectivity index (χ4n) is 2.52. The summed E-state index contributed by atoms with van der Waals surface area (Å²) in [6.07, 6.45) is 1.79. The monoisotopic (exact) mass is 268 g/mol. The quantitative estimate of drug-likeness (QED) is 0.772. The molecule has 1 amide bonds. The van der Waals surface area contributed by atoms with E-state index in [4.69, 9.17) is 5.73 Å². The number of nitrogens with two attached hydrogens (primary N) is 1. The summed E-state index contributed by atoms with van der Waals surface area (Å²) < 4.78 is 3.95. The summed E-state index contributed by atoms with van der Waals surface area (Å²) >= 11 is 0. The highest BCUT2D eigenvalue weighted by Gasteiger charge is 2.15. The number of fused-ring (bicyclic) bond motifs is 1. The molecule has 3 rings (SSSR count). The molecule has 5 nitrogen and oxygen atoms in total. The van der Waals surface area contributed by atoms with Gasteiger partial charge in [0, 0.05) is 31.0 Å². The number of hydrogen-bond acceptors (Lipinski definition) is 2. The van der Waals surface area contributed by atoms with Crippen LogP contribution in [0.5, 0.6) is 0 Å². The zero-order valence-electron chi connectivity index (χ0n) is 11.7. The molecule has 1 aromatic carbocycles. The number of aromatic nitrogens is 3. The van der Waals surface area contributed by atoms with Crippen LogP contribution >= 0.6 is 0 Å². The molecule has 0 unspecified atom stereocenters. The van der Waals surface area contributed by atoms with Gasteiger partial charge in [0.25, 0.3) is 5.91 Å². The summed E-state index contributed by atoms with van der Waals surface area (Å²) in [5.74, 6) is -0.400. The summed E-state index contributed by atoms with van der Waals surface area (Å²) in [6, 6.07) is 7.92. The minimum absolute atomic E-state index is 0.400. The summed E-state index contributed by atoms with van der Waals surface area (Å²) in [7, 11) is 3.90. The third kappa shape index (κ3) is 1.71. The van der Waals surface area contributed by atoms with Crippen molar-refractivity contribution in [1.82, 2.24) is 14.1 Å². The fraction of sp³-hybridized carbons (Fsp3) is 0.200. The van der Waals surface area contributed by atoms with E-state index in [-0.39, 0.29) is 0 Å². The SMILES string of the molecule is Cc1c(C(N)=O)cc(-c2ccc3c(c2)ncn3C)n1C. The minimum Gasteiger partial charge on any atom is -0.366 e. The van der Waals surface area contributed by atoms with Crippen molar-refractivity contribution in [2.45, 2.75) is 6.92 Å². The molecule has 0 saturated heterocycles. The highest BCUT2D eigenvalue weighted by molar-refractivity contribution is 5.96.